The van der Waals surface area contributed by atoms with Crippen molar-refractivity contribution in [2.75, 3.05) is 26.7 Å². The summed E-state index contributed by atoms with van der Waals surface area (Å²) in [6.07, 6.45) is 5.97. The van der Waals surface area contributed by atoms with E-state index in [-0.39, 0.29) is 0 Å². The van der Waals surface area contributed by atoms with E-state index in [0.717, 1.165) is 29.9 Å². The minimum Gasteiger partial charge on any atom is -0.327 e. The van der Waals surface area contributed by atoms with Gasteiger partial charge in [-0.25, -0.2) is 0 Å². The van der Waals surface area contributed by atoms with Crippen LogP contribution in [0.3, 0.4) is 0 Å². The van der Waals surface area contributed by atoms with Gasteiger partial charge < -0.3 is 10.6 Å². The largest absolute Gasteiger partial charge is 0.327 e. The first kappa shape index (κ1) is 11.2. The van der Waals surface area contributed by atoms with Crippen LogP contribution in [-0.4, -0.2) is 31.6 Å². The molecule has 2 nitrogen and oxygen atoms in total. The molecule has 0 aliphatic heterocycles. The molecule has 0 saturated heterocycles. The molecule has 2 aliphatic carbocycles. The average molecular weight is 208 g/mol. The fraction of sp³-hybridized carbons (Fsp3) is 0.846. The molecule has 2 heteroatoms. The molecule has 0 aromatic carbocycles. The predicted octanol–water partition coefficient (Wildman–Crippen LogP) is 1.87. The van der Waals surface area contributed by atoms with Crippen LogP contribution in [0.4, 0.5) is 0 Å². The van der Waals surface area contributed by atoms with Gasteiger partial charge in [0.1, 0.15) is 0 Å². The zero-order valence-electron chi connectivity index (χ0n) is 9.91. The highest BCUT2D eigenvalue weighted by atomic mass is 15.1. The molecule has 86 valence electrons. The highest BCUT2D eigenvalue weighted by Gasteiger charge is 2.39. The second-order valence-electron chi connectivity index (χ2n) is 5.59. The maximum absolute atomic E-state index is 5.56. The number of rotatable bonds is 5. The molecular formula is C13H24N2. The smallest absolute Gasteiger partial charge is 0.0199 e. The van der Waals surface area contributed by atoms with E-state index >= 15 is 0 Å². The monoisotopic (exact) mass is 208 g/mol. The second kappa shape index (κ2) is 4.67. The standard InChI is InChI=1S/C13H24N2/c1-10(7-14)8-15(2)9-13-6-11-3-4-12(13)5-11/h11-13H,1,3-9,14H2,2H3. The molecule has 0 heterocycles. The first-order valence-electron chi connectivity index (χ1n) is 6.24. The Bertz CT molecular complexity index is 237. The normalized spacial score (nSPS) is 33.9. The lowest BCUT2D eigenvalue weighted by molar-refractivity contribution is 0.230. The fourth-order valence-electron chi connectivity index (χ4n) is 3.51. The Hall–Kier alpha value is -0.340. The van der Waals surface area contributed by atoms with E-state index in [1.807, 2.05) is 0 Å². The van der Waals surface area contributed by atoms with Crippen molar-refractivity contribution in [3.05, 3.63) is 12.2 Å². The number of hydrogen-bond donors (Lipinski definition) is 1. The van der Waals surface area contributed by atoms with Crippen LogP contribution in [0.25, 0.3) is 0 Å². The molecule has 0 aromatic heterocycles. The number of likely N-dealkylation sites (N-methyl/N-ethyl adjacent to an activating group) is 1. The number of fused-ring (bicyclic) bond motifs is 2. The summed E-state index contributed by atoms with van der Waals surface area (Å²) in [5.41, 5.74) is 6.72. The van der Waals surface area contributed by atoms with Gasteiger partial charge in [0.15, 0.2) is 0 Å². The molecule has 2 aliphatic rings. The third-order valence-electron chi connectivity index (χ3n) is 4.21. The van der Waals surface area contributed by atoms with Gasteiger partial charge >= 0.3 is 0 Å². The van der Waals surface area contributed by atoms with Crippen molar-refractivity contribution in [2.45, 2.75) is 25.7 Å². The minimum absolute atomic E-state index is 0.626. The molecule has 2 saturated carbocycles. The zero-order chi connectivity index (χ0) is 10.8. The minimum atomic E-state index is 0.626. The maximum atomic E-state index is 5.56. The quantitative estimate of drug-likeness (QED) is 0.699. The lowest BCUT2D eigenvalue weighted by atomic mass is 9.88. The molecule has 2 N–H and O–H groups in total. The van der Waals surface area contributed by atoms with Crippen molar-refractivity contribution in [1.29, 1.82) is 0 Å². The first-order valence-corrected chi connectivity index (χ1v) is 6.24. The highest BCUT2D eigenvalue weighted by molar-refractivity contribution is 4.99. The summed E-state index contributed by atoms with van der Waals surface area (Å²) in [5, 5.41) is 0. The summed E-state index contributed by atoms with van der Waals surface area (Å²) in [7, 11) is 2.20. The fourth-order valence-corrected chi connectivity index (χ4v) is 3.51. The van der Waals surface area contributed by atoms with Gasteiger partial charge in [-0.1, -0.05) is 13.0 Å². The third-order valence-corrected chi connectivity index (χ3v) is 4.21. The van der Waals surface area contributed by atoms with E-state index in [4.69, 9.17) is 5.73 Å². The molecule has 2 rings (SSSR count). The van der Waals surface area contributed by atoms with Crippen molar-refractivity contribution in [1.82, 2.24) is 4.90 Å². The average Bonchev–Trinajstić information content (AvgIpc) is 2.78. The van der Waals surface area contributed by atoms with Crippen molar-refractivity contribution in [3.8, 4) is 0 Å². The van der Waals surface area contributed by atoms with Crippen LogP contribution in [0, 0.1) is 17.8 Å². The van der Waals surface area contributed by atoms with Gasteiger partial charge in [0.25, 0.3) is 0 Å². The Labute approximate surface area is 93.5 Å². The van der Waals surface area contributed by atoms with Gasteiger partial charge in [0.05, 0.1) is 0 Å². The van der Waals surface area contributed by atoms with Crippen LogP contribution in [0.1, 0.15) is 25.7 Å². The van der Waals surface area contributed by atoms with E-state index in [1.165, 1.54) is 32.2 Å². The topological polar surface area (TPSA) is 29.3 Å². The van der Waals surface area contributed by atoms with Gasteiger partial charge in [-0.2, -0.15) is 0 Å². The summed E-state index contributed by atoms with van der Waals surface area (Å²) < 4.78 is 0. The van der Waals surface area contributed by atoms with E-state index in [2.05, 4.69) is 18.5 Å². The Balaban J connectivity index is 1.75. The third kappa shape index (κ3) is 2.61. The molecule has 15 heavy (non-hydrogen) atoms. The van der Waals surface area contributed by atoms with Crippen LogP contribution in [0.15, 0.2) is 12.2 Å². The zero-order valence-corrected chi connectivity index (χ0v) is 9.91. The summed E-state index contributed by atoms with van der Waals surface area (Å²) >= 11 is 0. The molecule has 3 unspecified atom stereocenters. The Morgan fingerprint density at radius 2 is 2.20 bits per heavy atom. The van der Waals surface area contributed by atoms with Crippen LogP contribution in [0.5, 0.6) is 0 Å². The SMILES string of the molecule is C=C(CN)CN(C)CC1CC2CCC1C2. The van der Waals surface area contributed by atoms with Gasteiger partial charge in [-0.05, 0) is 49.6 Å². The van der Waals surface area contributed by atoms with Gasteiger partial charge in [-0.15, -0.1) is 0 Å². The predicted molar refractivity (Wildman–Crippen MR) is 64.6 cm³/mol. The molecule has 3 atom stereocenters. The number of nitrogens with two attached hydrogens (primary N) is 1. The Morgan fingerprint density at radius 1 is 1.40 bits per heavy atom. The molecule has 0 spiro atoms. The molecular weight excluding hydrogens is 184 g/mol. The van der Waals surface area contributed by atoms with E-state index in [9.17, 15) is 0 Å². The van der Waals surface area contributed by atoms with Crippen LogP contribution in [-0.2, 0) is 0 Å². The molecule has 0 amide bonds. The van der Waals surface area contributed by atoms with Crippen LogP contribution < -0.4 is 5.73 Å². The Morgan fingerprint density at radius 3 is 2.73 bits per heavy atom. The molecule has 0 radical (unpaired) electrons. The molecule has 2 fully saturated rings. The van der Waals surface area contributed by atoms with Crippen molar-refractivity contribution >= 4 is 0 Å². The Kier molecular flexibility index (Phi) is 3.47. The highest BCUT2D eigenvalue weighted by Crippen LogP contribution is 2.48. The van der Waals surface area contributed by atoms with Crippen molar-refractivity contribution in [2.24, 2.45) is 23.5 Å². The first-order chi connectivity index (χ1) is 7.19. The second-order valence-corrected chi connectivity index (χ2v) is 5.59. The number of hydrogen-bond acceptors (Lipinski definition) is 2. The van der Waals surface area contributed by atoms with Crippen LogP contribution in [0.2, 0.25) is 0 Å². The summed E-state index contributed by atoms with van der Waals surface area (Å²) in [4.78, 5) is 2.40. The van der Waals surface area contributed by atoms with Crippen LogP contribution >= 0.6 is 0 Å². The summed E-state index contributed by atoms with van der Waals surface area (Å²) in [6, 6.07) is 0. The number of nitrogens with zero attached hydrogens (tertiary/aromatic N) is 1. The van der Waals surface area contributed by atoms with Crippen molar-refractivity contribution in [3.63, 3.8) is 0 Å². The van der Waals surface area contributed by atoms with Gasteiger partial charge in [-0.3, -0.25) is 0 Å². The van der Waals surface area contributed by atoms with Gasteiger partial charge in [0.2, 0.25) is 0 Å². The summed E-state index contributed by atoms with van der Waals surface area (Å²) in [6.45, 7) is 6.82. The lowest BCUT2D eigenvalue weighted by Gasteiger charge is -2.27. The molecule has 0 aromatic rings. The van der Waals surface area contributed by atoms with E-state index in [1.54, 1.807) is 0 Å². The maximum Gasteiger partial charge on any atom is 0.0199 e. The van der Waals surface area contributed by atoms with Gasteiger partial charge in [0, 0.05) is 19.6 Å². The summed E-state index contributed by atoms with van der Waals surface area (Å²) in [5.74, 6) is 3.05. The molecule has 2 bridgehead atoms. The van der Waals surface area contributed by atoms with Crippen molar-refractivity contribution < 1.29 is 0 Å². The van der Waals surface area contributed by atoms with E-state index < -0.39 is 0 Å². The van der Waals surface area contributed by atoms with E-state index in [0.29, 0.717) is 6.54 Å². The lowest BCUT2D eigenvalue weighted by Crippen LogP contribution is -2.31.